The van der Waals surface area contributed by atoms with E-state index in [2.05, 4.69) is 5.10 Å². The number of hydrogen-bond donors (Lipinski definition) is 2. The van der Waals surface area contributed by atoms with Crippen LogP contribution < -0.4 is 5.73 Å². The number of carbonyl (C=O) groups excluding carboxylic acids is 2. The zero-order chi connectivity index (χ0) is 22.3. The summed E-state index contributed by atoms with van der Waals surface area (Å²) in [5.41, 5.74) is 5.20. The Kier molecular flexibility index (Phi) is 5.14. The van der Waals surface area contributed by atoms with Crippen molar-refractivity contribution < 1.29 is 28.3 Å². The summed E-state index contributed by atoms with van der Waals surface area (Å²) in [6.45, 7) is 0.364. The number of carboxylic acids is 1. The zero-order valence-corrected chi connectivity index (χ0v) is 16.2. The maximum atomic E-state index is 15.3. The van der Waals surface area contributed by atoms with Gasteiger partial charge in [-0.1, -0.05) is 12.1 Å². The van der Waals surface area contributed by atoms with E-state index in [1.807, 2.05) is 0 Å². The summed E-state index contributed by atoms with van der Waals surface area (Å²) in [6, 6.07) is 7.71. The Morgan fingerprint density at radius 2 is 2.00 bits per heavy atom. The third-order valence-corrected chi connectivity index (χ3v) is 5.28. The van der Waals surface area contributed by atoms with Gasteiger partial charge in [-0.05, 0) is 30.7 Å². The molecule has 1 saturated heterocycles. The van der Waals surface area contributed by atoms with Crippen LogP contribution in [-0.2, 0) is 9.59 Å². The van der Waals surface area contributed by atoms with E-state index < -0.39 is 35.2 Å². The van der Waals surface area contributed by atoms with Gasteiger partial charge in [0.05, 0.1) is 22.9 Å². The van der Waals surface area contributed by atoms with Crippen LogP contribution in [0.25, 0.3) is 22.2 Å². The number of rotatable bonds is 6. The average Bonchev–Trinajstić information content (AvgIpc) is 3.30. The third kappa shape index (κ3) is 3.60. The van der Waals surface area contributed by atoms with Gasteiger partial charge in [0.1, 0.15) is 23.5 Å². The molecule has 0 bridgehead atoms. The molecule has 1 atom stereocenters. The molecular weight excluding hydrogens is 410 g/mol. The van der Waals surface area contributed by atoms with E-state index in [4.69, 9.17) is 5.73 Å². The van der Waals surface area contributed by atoms with E-state index >= 15 is 4.39 Å². The molecule has 0 spiro atoms. The van der Waals surface area contributed by atoms with Crippen LogP contribution in [0.3, 0.4) is 0 Å². The first-order chi connectivity index (χ1) is 14.8. The minimum atomic E-state index is -1.47. The summed E-state index contributed by atoms with van der Waals surface area (Å²) in [7, 11) is 0. The topological polar surface area (TPSA) is 119 Å². The van der Waals surface area contributed by atoms with Gasteiger partial charge >= 0.3 is 5.97 Å². The molecule has 1 fully saturated rings. The van der Waals surface area contributed by atoms with Gasteiger partial charge in [0.25, 0.3) is 0 Å². The molecule has 4 rings (SSSR count). The van der Waals surface area contributed by atoms with Crippen LogP contribution in [0, 0.1) is 11.6 Å². The maximum Gasteiger partial charge on any atom is 0.338 e. The largest absolute Gasteiger partial charge is 0.478 e. The number of aromatic nitrogens is 2. The van der Waals surface area contributed by atoms with E-state index in [1.165, 1.54) is 33.8 Å². The molecule has 2 aromatic carbocycles. The lowest BCUT2D eigenvalue weighted by Crippen LogP contribution is -2.37. The number of carboxylic acid groups (broad SMARTS) is 1. The van der Waals surface area contributed by atoms with Crippen LogP contribution in [0.4, 0.5) is 8.78 Å². The number of benzene rings is 2. The summed E-state index contributed by atoms with van der Waals surface area (Å²) >= 11 is 0. The molecular formula is C21H18F2N4O4. The van der Waals surface area contributed by atoms with Gasteiger partial charge < -0.3 is 15.7 Å². The average molecular weight is 428 g/mol. The molecule has 2 heterocycles. The lowest BCUT2D eigenvalue weighted by Gasteiger charge is -2.27. The van der Waals surface area contributed by atoms with Gasteiger partial charge in [0, 0.05) is 18.5 Å². The van der Waals surface area contributed by atoms with E-state index in [1.54, 1.807) is 0 Å². The Labute approximate surface area is 174 Å². The van der Waals surface area contributed by atoms with E-state index in [-0.39, 0.29) is 34.5 Å². The normalized spacial score (nSPS) is 14.9. The van der Waals surface area contributed by atoms with E-state index in [0.717, 1.165) is 12.1 Å². The molecule has 0 radical (unpaired) electrons. The molecule has 8 nitrogen and oxygen atoms in total. The van der Waals surface area contributed by atoms with Crippen LogP contribution in [0.5, 0.6) is 0 Å². The Balaban J connectivity index is 2.01. The molecule has 0 saturated carbocycles. The van der Waals surface area contributed by atoms with Gasteiger partial charge in [0.15, 0.2) is 0 Å². The molecule has 1 unspecified atom stereocenters. The van der Waals surface area contributed by atoms with Crippen LogP contribution >= 0.6 is 0 Å². The molecule has 0 aliphatic carbocycles. The van der Waals surface area contributed by atoms with Gasteiger partial charge in [0.2, 0.25) is 11.8 Å². The van der Waals surface area contributed by atoms with Crippen LogP contribution in [0.15, 0.2) is 36.4 Å². The number of likely N-dealkylation sites (tertiary alicyclic amines) is 1. The van der Waals surface area contributed by atoms with Crippen molar-refractivity contribution in [3.8, 4) is 11.3 Å². The highest BCUT2D eigenvalue weighted by Crippen LogP contribution is 2.35. The summed E-state index contributed by atoms with van der Waals surface area (Å²) in [5.74, 6) is -3.99. The van der Waals surface area contributed by atoms with Gasteiger partial charge in [-0.2, -0.15) is 5.10 Å². The minimum Gasteiger partial charge on any atom is -0.478 e. The lowest BCUT2D eigenvalue weighted by atomic mass is 10.0. The second kappa shape index (κ2) is 7.78. The van der Waals surface area contributed by atoms with Crippen molar-refractivity contribution in [1.29, 1.82) is 0 Å². The molecule has 160 valence electrons. The summed E-state index contributed by atoms with van der Waals surface area (Å²) in [5, 5.41) is 13.6. The number of halogens is 2. The van der Waals surface area contributed by atoms with Gasteiger partial charge in [-0.3, -0.25) is 9.59 Å². The standard InChI is InChI=1S/C21H18F2N4O4/c22-12-4-1-3-11(9-12)20-18-14(7-6-13(19(18)23)21(30)31)27(25-20)16(10-15(24)28)26-8-2-5-17(26)29/h1,3-4,6-7,9,16H,2,5,8,10H2,(H2,24,28)(H,30,31). The minimum absolute atomic E-state index is 0.00350. The van der Waals surface area contributed by atoms with Crippen LogP contribution in [-0.4, -0.2) is 44.1 Å². The van der Waals surface area contributed by atoms with Crippen LogP contribution in [0.1, 0.15) is 35.8 Å². The van der Waals surface area contributed by atoms with Crippen molar-refractivity contribution in [3.63, 3.8) is 0 Å². The number of nitrogens with zero attached hydrogens (tertiary/aromatic N) is 3. The Bertz CT molecular complexity index is 1220. The number of fused-ring (bicyclic) bond motifs is 1. The molecule has 1 aromatic heterocycles. The zero-order valence-electron chi connectivity index (χ0n) is 16.2. The van der Waals surface area contributed by atoms with Crippen molar-refractivity contribution >= 4 is 28.7 Å². The second-order valence-electron chi connectivity index (χ2n) is 7.27. The molecule has 31 heavy (non-hydrogen) atoms. The molecule has 1 aliphatic rings. The first-order valence-corrected chi connectivity index (χ1v) is 9.55. The van der Waals surface area contributed by atoms with Crippen molar-refractivity contribution in [3.05, 3.63) is 53.6 Å². The van der Waals surface area contributed by atoms with Crippen molar-refractivity contribution in [1.82, 2.24) is 14.7 Å². The Morgan fingerprint density at radius 3 is 2.61 bits per heavy atom. The number of nitrogens with two attached hydrogens (primary N) is 1. The van der Waals surface area contributed by atoms with Gasteiger partial charge in [-0.15, -0.1) is 0 Å². The van der Waals surface area contributed by atoms with E-state index in [0.29, 0.717) is 19.4 Å². The quantitative estimate of drug-likeness (QED) is 0.626. The second-order valence-corrected chi connectivity index (χ2v) is 7.27. The number of amides is 2. The number of primary amides is 1. The monoisotopic (exact) mass is 428 g/mol. The van der Waals surface area contributed by atoms with Gasteiger partial charge in [-0.25, -0.2) is 18.3 Å². The summed E-state index contributed by atoms with van der Waals surface area (Å²) < 4.78 is 30.4. The Morgan fingerprint density at radius 1 is 1.23 bits per heavy atom. The van der Waals surface area contributed by atoms with Crippen molar-refractivity contribution in [2.75, 3.05) is 6.54 Å². The first-order valence-electron chi connectivity index (χ1n) is 9.55. The molecule has 3 aromatic rings. The van der Waals surface area contributed by atoms with E-state index in [9.17, 15) is 23.9 Å². The smallest absolute Gasteiger partial charge is 0.338 e. The fourth-order valence-corrected chi connectivity index (χ4v) is 3.92. The highest BCUT2D eigenvalue weighted by molar-refractivity contribution is 6.00. The SMILES string of the molecule is NC(=O)CC(N1CCCC1=O)n1nc(-c2cccc(F)c2)c2c(F)c(C(=O)O)ccc21. The Hall–Kier alpha value is -3.82. The maximum absolute atomic E-state index is 15.3. The molecule has 1 aliphatic heterocycles. The predicted molar refractivity (Wildman–Crippen MR) is 106 cm³/mol. The lowest BCUT2D eigenvalue weighted by molar-refractivity contribution is -0.133. The van der Waals surface area contributed by atoms with Crippen LogP contribution in [0.2, 0.25) is 0 Å². The van der Waals surface area contributed by atoms with Crippen molar-refractivity contribution in [2.24, 2.45) is 5.73 Å². The highest BCUT2D eigenvalue weighted by atomic mass is 19.1. The molecule has 2 amide bonds. The molecule has 3 N–H and O–H groups in total. The fourth-order valence-electron chi connectivity index (χ4n) is 3.92. The molecule has 10 heteroatoms. The third-order valence-electron chi connectivity index (χ3n) is 5.28. The van der Waals surface area contributed by atoms with Crippen molar-refractivity contribution in [2.45, 2.75) is 25.4 Å². The highest BCUT2D eigenvalue weighted by Gasteiger charge is 2.33. The first kappa shape index (κ1) is 20.5. The predicted octanol–water partition coefficient (Wildman–Crippen LogP) is 2.68. The number of hydrogen-bond acceptors (Lipinski definition) is 4. The number of aromatic carboxylic acids is 1. The summed E-state index contributed by atoms with van der Waals surface area (Å²) in [6.07, 6.45) is -0.315. The summed E-state index contributed by atoms with van der Waals surface area (Å²) in [4.78, 5) is 37.0. The fraction of sp³-hybridized carbons (Fsp3) is 0.238. The number of carbonyl (C=O) groups is 3.